The van der Waals surface area contributed by atoms with E-state index in [1.165, 1.54) is 0 Å². The van der Waals surface area contributed by atoms with Gasteiger partial charge in [0.2, 0.25) is 11.8 Å². The second-order valence-electron chi connectivity index (χ2n) is 5.95. The van der Waals surface area contributed by atoms with Crippen LogP contribution >= 0.6 is 23.4 Å². The van der Waals surface area contributed by atoms with Gasteiger partial charge in [0.1, 0.15) is 0 Å². The van der Waals surface area contributed by atoms with Crippen molar-refractivity contribution in [2.24, 2.45) is 0 Å². The van der Waals surface area contributed by atoms with Gasteiger partial charge in [-0.3, -0.25) is 9.59 Å². The summed E-state index contributed by atoms with van der Waals surface area (Å²) in [5, 5.41) is 3.66. The lowest BCUT2D eigenvalue weighted by molar-refractivity contribution is -0.130. The monoisotopic (exact) mass is 368 g/mol. The van der Waals surface area contributed by atoms with E-state index in [4.69, 9.17) is 11.6 Å². The third kappa shape index (κ3) is 7.14. The zero-order valence-corrected chi connectivity index (χ0v) is 15.5. The second-order valence-corrected chi connectivity index (χ2v) is 7.55. The molecule has 2 amide bonds. The third-order valence-electron chi connectivity index (χ3n) is 4.01. The van der Waals surface area contributed by atoms with Gasteiger partial charge in [-0.05, 0) is 43.5 Å². The molecule has 0 spiro atoms. The van der Waals surface area contributed by atoms with Crippen LogP contribution in [-0.2, 0) is 9.59 Å². The van der Waals surface area contributed by atoms with Gasteiger partial charge < -0.3 is 10.2 Å². The van der Waals surface area contributed by atoms with E-state index < -0.39 is 0 Å². The molecule has 1 aromatic carbocycles. The van der Waals surface area contributed by atoms with E-state index in [2.05, 4.69) is 5.32 Å². The number of halogens is 1. The maximum Gasteiger partial charge on any atom is 0.222 e. The summed E-state index contributed by atoms with van der Waals surface area (Å²) in [6, 6.07) is 7.63. The van der Waals surface area contributed by atoms with Gasteiger partial charge in [0, 0.05) is 48.1 Å². The minimum atomic E-state index is 0.0682. The van der Waals surface area contributed by atoms with E-state index in [0.29, 0.717) is 19.4 Å². The van der Waals surface area contributed by atoms with Crippen LogP contribution < -0.4 is 5.32 Å². The molecule has 132 valence electrons. The van der Waals surface area contributed by atoms with E-state index in [0.717, 1.165) is 54.4 Å². The first-order valence-corrected chi connectivity index (χ1v) is 9.94. The molecule has 0 saturated carbocycles. The van der Waals surface area contributed by atoms with E-state index in [-0.39, 0.29) is 11.8 Å². The van der Waals surface area contributed by atoms with Crippen LogP contribution in [-0.4, -0.2) is 42.1 Å². The summed E-state index contributed by atoms with van der Waals surface area (Å²) in [5.74, 6) is 1.08. The zero-order chi connectivity index (χ0) is 17.2. The molecule has 0 radical (unpaired) electrons. The lowest BCUT2D eigenvalue weighted by Crippen LogP contribution is -2.34. The normalized spacial score (nSPS) is 15.2. The number of thioether (sulfide) groups is 1. The van der Waals surface area contributed by atoms with Gasteiger partial charge in [0.15, 0.2) is 0 Å². The molecule has 0 bridgehead atoms. The number of carbonyl (C=O) groups excluding carboxylic acids is 2. The number of rotatable bonds is 8. The Kier molecular flexibility index (Phi) is 8.47. The smallest absolute Gasteiger partial charge is 0.222 e. The summed E-state index contributed by atoms with van der Waals surface area (Å²) in [6.45, 7) is 2.25. The molecule has 1 aliphatic heterocycles. The molecule has 4 nitrogen and oxygen atoms in total. The van der Waals surface area contributed by atoms with Crippen LogP contribution in [0.3, 0.4) is 0 Å². The Labute approximate surface area is 153 Å². The van der Waals surface area contributed by atoms with E-state index in [1.54, 1.807) is 11.8 Å². The van der Waals surface area contributed by atoms with Crippen molar-refractivity contribution < 1.29 is 9.59 Å². The van der Waals surface area contributed by atoms with E-state index in [1.807, 2.05) is 29.2 Å². The highest BCUT2D eigenvalue weighted by Crippen LogP contribution is 2.20. The summed E-state index contributed by atoms with van der Waals surface area (Å²) in [7, 11) is 0. The largest absolute Gasteiger partial charge is 0.356 e. The van der Waals surface area contributed by atoms with Crippen molar-refractivity contribution >= 4 is 35.2 Å². The average molecular weight is 369 g/mol. The molecule has 1 N–H and O–H groups in total. The number of hydrogen-bond acceptors (Lipinski definition) is 3. The Bertz CT molecular complexity index is 536. The third-order valence-corrected chi connectivity index (χ3v) is 5.28. The molecule has 6 heteroatoms. The number of nitrogens with one attached hydrogen (secondary N) is 1. The van der Waals surface area contributed by atoms with Crippen LogP contribution in [0, 0.1) is 0 Å². The van der Waals surface area contributed by atoms with E-state index in [9.17, 15) is 9.59 Å². The van der Waals surface area contributed by atoms with Crippen LogP contribution in [0.15, 0.2) is 29.2 Å². The molecule has 0 unspecified atom stereocenters. The molecule has 1 aromatic rings. The van der Waals surface area contributed by atoms with Gasteiger partial charge >= 0.3 is 0 Å². The van der Waals surface area contributed by atoms with Crippen LogP contribution in [0.2, 0.25) is 5.02 Å². The number of hydrogen-bond donors (Lipinski definition) is 1. The molecule has 1 heterocycles. The summed E-state index contributed by atoms with van der Waals surface area (Å²) in [4.78, 5) is 26.8. The number of amides is 2. The van der Waals surface area contributed by atoms with Crippen molar-refractivity contribution in [3.63, 3.8) is 0 Å². The van der Waals surface area contributed by atoms with Gasteiger partial charge in [-0.1, -0.05) is 18.0 Å². The van der Waals surface area contributed by atoms with Crippen molar-refractivity contribution in [3.8, 4) is 0 Å². The highest BCUT2D eigenvalue weighted by atomic mass is 35.5. The van der Waals surface area contributed by atoms with Gasteiger partial charge in [0.05, 0.1) is 0 Å². The summed E-state index contributed by atoms with van der Waals surface area (Å²) >= 11 is 7.49. The van der Waals surface area contributed by atoms with Gasteiger partial charge in [-0.25, -0.2) is 0 Å². The molecule has 24 heavy (non-hydrogen) atoms. The minimum absolute atomic E-state index is 0.0682. The Morgan fingerprint density at radius 1 is 1.21 bits per heavy atom. The quantitative estimate of drug-likeness (QED) is 0.561. The molecule has 1 saturated heterocycles. The molecular formula is C18H25ClN2O2S. The van der Waals surface area contributed by atoms with Gasteiger partial charge in [-0.15, -0.1) is 11.8 Å². The maximum absolute atomic E-state index is 11.9. The maximum atomic E-state index is 11.9. The van der Waals surface area contributed by atoms with Crippen molar-refractivity contribution in [1.29, 1.82) is 0 Å². The fourth-order valence-corrected chi connectivity index (χ4v) is 3.63. The second kappa shape index (κ2) is 10.6. The Morgan fingerprint density at radius 2 is 2.00 bits per heavy atom. The number of likely N-dealkylation sites (tertiary alicyclic amines) is 1. The first-order chi connectivity index (χ1) is 11.6. The summed E-state index contributed by atoms with van der Waals surface area (Å²) in [6.07, 6.45) is 5.24. The SMILES string of the molecule is O=C(CCSc1ccc(Cl)cc1)NCCCN1CCCCCC1=O. The fourth-order valence-electron chi connectivity index (χ4n) is 2.65. The van der Waals surface area contributed by atoms with Crippen LogP contribution in [0.1, 0.15) is 38.5 Å². The Morgan fingerprint density at radius 3 is 2.79 bits per heavy atom. The number of benzene rings is 1. The fraction of sp³-hybridized carbons (Fsp3) is 0.556. The van der Waals surface area contributed by atoms with Crippen molar-refractivity contribution in [2.45, 2.75) is 43.4 Å². The Hall–Kier alpha value is -1.20. The molecule has 0 atom stereocenters. The van der Waals surface area contributed by atoms with Crippen molar-refractivity contribution in [1.82, 2.24) is 10.2 Å². The molecule has 1 aliphatic rings. The summed E-state index contributed by atoms with van der Waals surface area (Å²) < 4.78 is 0. The van der Waals surface area contributed by atoms with Gasteiger partial charge in [0.25, 0.3) is 0 Å². The molecular weight excluding hydrogens is 344 g/mol. The number of nitrogens with zero attached hydrogens (tertiary/aromatic N) is 1. The molecule has 0 aliphatic carbocycles. The van der Waals surface area contributed by atoms with E-state index >= 15 is 0 Å². The topological polar surface area (TPSA) is 49.4 Å². The van der Waals surface area contributed by atoms with Crippen LogP contribution in [0.25, 0.3) is 0 Å². The van der Waals surface area contributed by atoms with Crippen LogP contribution in [0.5, 0.6) is 0 Å². The first kappa shape index (κ1) is 19.1. The zero-order valence-electron chi connectivity index (χ0n) is 13.9. The molecule has 1 fully saturated rings. The van der Waals surface area contributed by atoms with Gasteiger partial charge in [-0.2, -0.15) is 0 Å². The average Bonchev–Trinajstić information content (AvgIpc) is 2.78. The predicted octanol–water partition coefficient (Wildman–Crippen LogP) is 3.73. The molecule has 0 aromatic heterocycles. The molecule has 2 rings (SSSR count). The van der Waals surface area contributed by atoms with Crippen LogP contribution in [0.4, 0.5) is 0 Å². The first-order valence-electron chi connectivity index (χ1n) is 8.58. The predicted molar refractivity (Wildman–Crippen MR) is 99.5 cm³/mol. The lowest BCUT2D eigenvalue weighted by Gasteiger charge is -2.20. The lowest BCUT2D eigenvalue weighted by atomic mass is 10.2. The highest BCUT2D eigenvalue weighted by molar-refractivity contribution is 7.99. The highest BCUT2D eigenvalue weighted by Gasteiger charge is 2.15. The number of carbonyl (C=O) groups is 2. The van der Waals surface area contributed by atoms with Crippen molar-refractivity contribution in [3.05, 3.63) is 29.3 Å². The van der Waals surface area contributed by atoms with Crippen molar-refractivity contribution in [2.75, 3.05) is 25.4 Å². The Balaban J connectivity index is 1.54. The standard InChI is InChI=1S/C18H25ClN2O2S/c19-15-6-8-16(9-7-15)24-14-10-17(22)20-11-4-13-21-12-3-1-2-5-18(21)23/h6-9H,1-5,10-14H2,(H,20,22). The summed E-state index contributed by atoms with van der Waals surface area (Å²) in [5.41, 5.74) is 0. The minimum Gasteiger partial charge on any atom is -0.356 e.